The summed E-state index contributed by atoms with van der Waals surface area (Å²) < 4.78 is 0. The Hall–Kier alpha value is -0.930. The molecule has 0 heterocycles. The van der Waals surface area contributed by atoms with Crippen LogP contribution in [0.5, 0.6) is 0 Å². The number of halogens is 2. The first-order valence-corrected chi connectivity index (χ1v) is 4.29. The molecule has 0 saturated heterocycles. The zero-order valence-electron chi connectivity index (χ0n) is 6.90. The first-order chi connectivity index (χ1) is 6.07. The number of anilines is 1. The highest BCUT2D eigenvalue weighted by molar-refractivity contribution is 6.41. The maximum atomic E-state index is 10.9. The zero-order valence-corrected chi connectivity index (χ0v) is 8.41. The minimum absolute atomic E-state index is 0.252. The summed E-state index contributed by atoms with van der Waals surface area (Å²) in [7, 11) is 1.66. The van der Waals surface area contributed by atoms with Crippen LogP contribution in [0.3, 0.4) is 0 Å². The maximum absolute atomic E-state index is 10.9. The molecule has 0 spiro atoms. The molecule has 0 unspecified atom stereocenters. The molecule has 0 bridgehead atoms. The van der Waals surface area contributed by atoms with Crippen LogP contribution >= 0.6 is 23.2 Å². The highest BCUT2D eigenvalue weighted by Crippen LogP contribution is 2.32. The van der Waals surface area contributed by atoms with Crippen LogP contribution in [0.1, 0.15) is 10.4 Å². The highest BCUT2D eigenvalue weighted by atomic mass is 35.5. The standard InChI is InChI=1S/C8H8Cl2N2O/c1-12-7-5(9)3-2-4(6(7)10)8(11)13/h2-3,12H,1H3,(H2,11,13). The number of carbonyl (C=O) groups excluding carboxylic acids is 1. The van der Waals surface area contributed by atoms with Crippen molar-refractivity contribution in [3.05, 3.63) is 27.7 Å². The highest BCUT2D eigenvalue weighted by Gasteiger charge is 2.12. The van der Waals surface area contributed by atoms with Gasteiger partial charge in [0.15, 0.2) is 0 Å². The van der Waals surface area contributed by atoms with E-state index in [1.54, 1.807) is 13.1 Å². The number of nitrogens with one attached hydrogen (secondary N) is 1. The summed E-state index contributed by atoms with van der Waals surface area (Å²) in [5, 5.41) is 3.50. The summed E-state index contributed by atoms with van der Waals surface area (Å²) >= 11 is 11.7. The van der Waals surface area contributed by atoms with E-state index in [4.69, 9.17) is 28.9 Å². The van der Waals surface area contributed by atoms with Crippen LogP contribution in [0, 0.1) is 0 Å². The fraction of sp³-hybridized carbons (Fsp3) is 0.125. The number of rotatable bonds is 2. The van der Waals surface area contributed by atoms with Gasteiger partial charge >= 0.3 is 0 Å². The van der Waals surface area contributed by atoms with Gasteiger partial charge < -0.3 is 11.1 Å². The lowest BCUT2D eigenvalue weighted by Crippen LogP contribution is -2.12. The van der Waals surface area contributed by atoms with Gasteiger partial charge in [0.25, 0.3) is 0 Å². The predicted molar refractivity (Wildman–Crippen MR) is 54.5 cm³/mol. The lowest BCUT2D eigenvalue weighted by molar-refractivity contribution is 0.100. The zero-order chi connectivity index (χ0) is 10.0. The van der Waals surface area contributed by atoms with Crippen molar-refractivity contribution in [3.8, 4) is 0 Å². The van der Waals surface area contributed by atoms with E-state index < -0.39 is 5.91 Å². The largest absolute Gasteiger partial charge is 0.386 e. The average Bonchev–Trinajstić information content (AvgIpc) is 2.04. The van der Waals surface area contributed by atoms with Crippen LogP contribution in [0.2, 0.25) is 10.0 Å². The van der Waals surface area contributed by atoms with Gasteiger partial charge in [-0.25, -0.2) is 0 Å². The molecular formula is C8H8Cl2N2O. The average molecular weight is 219 g/mol. The molecule has 13 heavy (non-hydrogen) atoms. The van der Waals surface area contributed by atoms with Crippen molar-refractivity contribution >= 4 is 34.8 Å². The van der Waals surface area contributed by atoms with Gasteiger partial charge in [0.05, 0.1) is 21.3 Å². The molecule has 70 valence electrons. The Morgan fingerprint density at radius 2 is 2.08 bits per heavy atom. The van der Waals surface area contributed by atoms with Crippen LogP contribution in [0.15, 0.2) is 12.1 Å². The van der Waals surface area contributed by atoms with Gasteiger partial charge in [-0.05, 0) is 12.1 Å². The third-order valence-corrected chi connectivity index (χ3v) is 2.31. The van der Waals surface area contributed by atoms with E-state index in [1.807, 2.05) is 0 Å². The number of benzene rings is 1. The summed E-state index contributed by atoms with van der Waals surface area (Å²) in [6, 6.07) is 3.06. The van der Waals surface area contributed by atoms with E-state index in [2.05, 4.69) is 5.32 Å². The van der Waals surface area contributed by atoms with Crippen molar-refractivity contribution in [2.75, 3.05) is 12.4 Å². The molecule has 1 aromatic rings. The monoisotopic (exact) mass is 218 g/mol. The van der Waals surface area contributed by atoms with Gasteiger partial charge in [-0.15, -0.1) is 0 Å². The van der Waals surface area contributed by atoms with Gasteiger partial charge in [0, 0.05) is 7.05 Å². The van der Waals surface area contributed by atoms with E-state index >= 15 is 0 Å². The third kappa shape index (κ3) is 1.87. The molecule has 0 aromatic heterocycles. The van der Waals surface area contributed by atoms with E-state index in [-0.39, 0.29) is 10.6 Å². The van der Waals surface area contributed by atoms with E-state index in [0.29, 0.717) is 10.7 Å². The number of primary amides is 1. The minimum Gasteiger partial charge on any atom is -0.386 e. The number of amides is 1. The van der Waals surface area contributed by atoms with Crippen molar-refractivity contribution in [1.82, 2.24) is 0 Å². The van der Waals surface area contributed by atoms with Crippen LogP contribution in [-0.4, -0.2) is 13.0 Å². The van der Waals surface area contributed by atoms with Crippen molar-refractivity contribution in [1.29, 1.82) is 0 Å². The molecule has 0 fully saturated rings. The van der Waals surface area contributed by atoms with E-state index in [0.717, 1.165) is 0 Å². The van der Waals surface area contributed by atoms with Gasteiger partial charge in [0.2, 0.25) is 5.91 Å². The molecule has 0 saturated carbocycles. The summed E-state index contributed by atoms with van der Waals surface area (Å²) in [4.78, 5) is 10.9. The number of hydrogen-bond donors (Lipinski definition) is 2. The molecule has 3 nitrogen and oxygen atoms in total. The Balaban J connectivity index is 3.35. The fourth-order valence-corrected chi connectivity index (χ4v) is 1.62. The van der Waals surface area contributed by atoms with Crippen LogP contribution in [0.25, 0.3) is 0 Å². The molecule has 0 aliphatic heterocycles. The second-order valence-corrected chi connectivity index (χ2v) is 3.18. The van der Waals surface area contributed by atoms with Gasteiger partial charge in [-0.2, -0.15) is 0 Å². The Morgan fingerprint density at radius 3 is 2.54 bits per heavy atom. The molecular weight excluding hydrogens is 211 g/mol. The first kappa shape index (κ1) is 10.2. The molecule has 0 aliphatic carbocycles. The molecule has 0 aliphatic rings. The molecule has 1 amide bonds. The van der Waals surface area contributed by atoms with Crippen molar-refractivity contribution in [2.24, 2.45) is 5.73 Å². The summed E-state index contributed by atoms with van der Waals surface area (Å²) in [5.74, 6) is -0.571. The summed E-state index contributed by atoms with van der Waals surface area (Å²) in [6.45, 7) is 0. The SMILES string of the molecule is CNc1c(Cl)ccc(C(N)=O)c1Cl. The molecule has 3 N–H and O–H groups in total. The minimum atomic E-state index is -0.571. The van der Waals surface area contributed by atoms with Gasteiger partial charge in [0.1, 0.15) is 0 Å². The molecule has 5 heteroatoms. The normalized spacial score (nSPS) is 9.77. The Kier molecular flexibility index (Phi) is 3.01. The topological polar surface area (TPSA) is 55.1 Å². The predicted octanol–water partition coefficient (Wildman–Crippen LogP) is 2.13. The van der Waals surface area contributed by atoms with Gasteiger partial charge in [-0.3, -0.25) is 4.79 Å². The molecule has 1 rings (SSSR count). The van der Waals surface area contributed by atoms with Gasteiger partial charge in [-0.1, -0.05) is 23.2 Å². The van der Waals surface area contributed by atoms with Crippen LogP contribution in [0.4, 0.5) is 5.69 Å². The lowest BCUT2D eigenvalue weighted by atomic mass is 10.2. The van der Waals surface area contributed by atoms with Crippen molar-refractivity contribution < 1.29 is 4.79 Å². The smallest absolute Gasteiger partial charge is 0.250 e. The second-order valence-electron chi connectivity index (χ2n) is 2.40. The number of nitrogens with two attached hydrogens (primary N) is 1. The number of carbonyl (C=O) groups is 1. The first-order valence-electron chi connectivity index (χ1n) is 3.53. The van der Waals surface area contributed by atoms with E-state index in [1.165, 1.54) is 6.07 Å². The summed E-state index contributed by atoms with van der Waals surface area (Å²) in [5.41, 5.74) is 5.87. The summed E-state index contributed by atoms with van der Waals surface area (Å²) in [6.07, 6.45) is 0. The van der Waals surface area contributed by atoms with Crippen molar-refractivity contribution in [3.63, 3.8) is 0 Å². The quantitative estimate of drug-likeness (QED) is 0.800. The maximum Gasteiger partial charge on any atom is 0.250 e. The molecule has 1 aromatic carbocycles. The van der Waals surface area contributed by atoms with E-state index in [9.17, 15) is 4.79 Å². The second kappa shape index (κ2) is 3.85. The molecule has 0 radical (unpaired) electrons. The number of hydrogen-bond acceptors (Lipinski definition) is 2. The lowest BCUT2D eigenvalue weighted by Gasteiger charge is -2.08. The van der Waals surface area contributed by atoms with Crippen LogP contribution < -0.4 is 11.1 Å². The Labute approximate surface area is 85.8 Å². The third-order valence-electron chi connectivity index (χ3n) is 1.61. The van der Waals surface area contributed by atoms with Crippen LogP contribution in [-0.2, 0) is 0 Å². The van der Waals surface area contributed by atoms with Crippen molar-refractivity contribution in [2.45, 2.75) is 0 Å². The Bertz CT molecular complexity index is 352. The fourth-order valence-electron chi connectivity index (χ4n) is 0.972. The molecule has 0 atom stereocenters. The Morgan fingerprint density at radius 1 is 1.46 bits per heavy atom.